The van der Waals surface area contributed by atoms with E-state index in [0.29, 0.717) is 41.9 Å². The number of piperazine rings is 1. The number of carbonyl (C=O) groups is 2. The van der Waals surface area contributed by atoms with Gasteiger partial charge >= 0.3 is 0 Å². The fourth-order valence-electron chi connectivity index (χ4n) is 4.24. The van der Waals surface area contributed by atoms with Crippen LogP contribution in [0.3, 0.4) is 0 Å². The highest BCUT2D eigenvalue weighted by atomic mass is 35.5. The van der Waals surface area contributed by atoms with Crippen molar-refractivity contribution in [1.29, 1.82) is 0 Å². The summed E-state index contributed by atoms with van der Waals surface area (Å²) < 4.78 is 0. The van der Waals surface area contributed by atoms with Gasteiger partial charge in [0.05, 0.1) is 5.92 Å². The summed E-state index contributed by atoms with van der Waals surface area (Å²) in [5, 5.41) is 14.4. The Balaban J connectivity index is 1.55. The zero-order valence-corrected chi connectivity index (χ0v) is 18.1. The number of amides is 2. The fourth-order valence-corrected chi connectivity index (χ4v) is 4.36. The van der Waals surface area contributed by atoms with Crippen LogP contribution in [0.15, 0.2) is 30.6 Å². The van der Waals surface area contributed by atoms with Crippen LogP contribution in [-0.4, -0.2) is 64.0 Å². The number of hydrogen-bond donors (Lipinski definition) is 3. The van der Waals surface area contributed by atoms with Crippen molar-refractivity contribution in [2.75, 3.05) is 36.4 Å². The largest absolute Gasteiger partial charge is 0.374 e. The van der Waals surface area contributed by atoms with E-state index in [1.54, 1.807) is 29.2 Å². The Morgan fingerprint density at radius 2 is 2.00 bits per heavy atom. The van der Waals surface area contributed by atoms with Crippen molar-refractivity contribution in [3.05, 3.63) is 46.7 Å². The fraction of sp³-hybridized carbons (Fsp3) is 0.429. The average Bonchev–Trinajstić information content (AvgIpc) is 3.06. The van der Waals surface area contributed by atoms with Crippen LogP contribution >= 0.6 is 11.6 Å². The highest BCUT2D eigenvalue weighted by Crippen LogP contribution is 2.37. The smallest absolute Gasteiger partial charge is 0.260 e. The minimum absolute atomic E-state index is 0.102. The number of halogens is 1. The van der Waals surface area contributed by atoms with Crippen molar-refractivity contribution in [3.8, 4) is 0 Å². The Kier molecular flexibility index (Phi) is 5.59. The van der Waals surface area contributed by atoms with Gasteiger partial charge in [-0.25, -0.2) is 9.97 Å². The van der Waals surface area contributed by atoms with Gasteiger partial charge in [0, 0.05) is 42.8 Å². The number of nitrogens with two attached hydrogens (primary N) is 1. The molecule has 0 spiro atoms. The summed E-state index contributed by atoms with van der Waals surface area (Å²) in [7, 11) is 0. The summed E-state index contributed by atoms with van der Waals surface area (Å²) in [5.74, 6) is 0.348. The Morgan fingerprint density at radius 3 is 2.65 bits per heavy atom. The van der Waals surface area contributed by atoms with E-state index in [9.17, 15) is 14.7 Å². The molecule has 1 aromatic heterocycles. The van der Waals surface area contributed by atoms with E-state index >= 15 is 0 Å². The molecule has 0 saturated carbocycles. The second-order valence-corrected chi connectivity index (χ2v) is 8.47. The van der Waals surface area contributed by atoms with Gasteiger partial charge in [-0.1, -0.05) is 23.7 Å². The highest BCUT2D eigenvalue weighted by molar-refractivity contribution is 6.30. The van der Waals surface area contributed by atoms with Gasteiger partial charge in [0.25, 0.3) is 5.91 Å². The number of nitrogens with zero attached hydrogens (tertiary/aromatic N) is 4. The summed E-state index contributed by atoms with van der Waals surface area (Å²) in [4.78, 5) is 37.7. The van der Waals surface area contributed by atoms with Crippen LogP contribution in [0.4, 0.5) is 11.6 Å². The van der Waals surface area contributed by atoms with Gasteiger partial charge in [-0.05, 0) is 31.5 Å². The molecule has 0 bridgehead atoms. The predicted molar refractivity (Wildman–Crippen MR) is 117 cm³/mol. The number of benzene rings is 1. The molecule has 1 aromatic carbocycles. The van der Waals surface area contributed by atoms with Crippen LogP contribution in [0.2, 0.25) is 5.02 Å². The Hall–Kier alpha value is -2.75. The van der Waals surface area contributed by atoms with Crippen LogP contribution in [0.1, 0.15) is 30.9 Å². The van der Waals surface area contributed by atoms with Gasteiger partial charge in [-0.15, -0.1) is 0 Å². The molecule has 0 aliphatic carbocycles. The monoisotopic (exact) mass is 444 g/mol. The summed E-state index contributed by atoms with van der Waals surface area (Å²) in [6.07, 6.45) is 1.43. The van der Waals surface area contributed by atoms with Gasteiger partial charge in [-0.2, -0.15) is 0 Å². The maximum atomic E-state index is 13.3. The Morgan fingerprint density at radius 1 is 1.29 bits per heavy atom. The van der Waals surface area contributed by atoms with Crippen molar-refractivity contribution in [1.82, 2.24) is 14.9 Å². The standard InChI is InChI=1S/C21H25ClN6O3/c1-12-9-27(18-16-13(2)19(29)26-17(16)24-11-25-18)7-8-28(12)20(30)21(31,10-23)14-3-5-15(22)6-4-14/h3-6,11-13,31H,7-10,23H2,1-2H3,(H,24,25,26,29)/t12-,13?,21-/m0/s1. The Bertz CT molecular complexity index is 1020. The molecule has 164 valence electrons. The molecule has 3 atom stereocenters. The quantitative estimate of drug-likeness (QED) is 0.644. The van der Waals surface area contributed by atoms with E-state index in [1.807, 2.05) is 13.8 Å². The third kappa shape index (κ3) is 3.62. The first-order valence-corrected chi connectivity index (χ1v) is 10.5. The van der Waals surface area contributed by atoms with E-state index in [2.05, 4.69) is 20.2 Å². The molecule has 2 aliphatic heterocycles. The number of fused-ring (bicyclic) bond motifs is 1. The minimum atomic E-state index is -1.83. The summed E-state index contributed by atoms with van der Waals surface area (Å²) >= 11 is 5.94. The molecule has 1 fully saturated rings. The zero-order valence-electron chi connectivity index (χ0n) is 17.4. The van der Waals surface area contributed by atoms with Crippen molar-refractivity contribution in [2.24, 2.45) is 5.73 Å². The molecule has 4 rings (SSSR count). The first kappa shape index (κ1) is 21.5. The average molecular weight is 445 g/mol. The first-order chi connectivity index (χ1) is 14.8. The van der Waals surface area contributed by atoms with Crippen LogP contribution in [0.5, 0.6) is 0 Å². The van der Waals surface area contributed by atoms with Crippen molar-refractivity contribution in [2.45, 2.75) is 31.4 Å². The third-order valence-corrected chi connectivity index (χ3v) is 6.34. The number of aliphatic hydroxyl groups is 1. The van der Waals surface area contributed by atoms with E-state index in [4.69, 9.17) is 17.3 Å². The molecule has 4 N–H and O–H groups in total. The van der Waals surface area contributed by atoms with Crippen LogP contribution < -0.4 is 16.0 Å². The number of anilines is 2. The second kappa shape index (κ2) is 8.07. The summed E-state index contributed by atoms with van der Waals surface area (Å²) in [5.41, 5.74) is 5.20. The minimum Gasteiger partial charge on any atom is -0.374 e. The second-order valence-electron chi connectivity index (χ2n) is 8.04. The van der Waals surface area contributed by atoms with Crippen LogP contribution in [0.25, 0.3) is 0 Å². The van der Waals surface area contributed by atoms with Gasteiger partial charge < -0.3 is 26.0 Å². The molecule has 1 unspecified atom stereocenters. The van der Waals surface area contributed by atoms with Crippen molar-refractivity contribution >= 4 is 35.1 Å². The zero-order chi connectivity index (χ0) is 22.3. The number of carbonyl (C=O) groups excluding carboxylic acids is 2. The molecule has 1 saturated heterocycles. The van der Waals surface area contributed by atoms with Gasteiger partial charge in [-0.3, -0.25) is 9.59 Å². The van der Waals surface area contributed by atoms with Crippen molar-refractivity contribution < 1.29 is 14.7 Å². The molecule has 3 heterocycles. The van der Waals surface area contributed by atoms with Gasteiger partial charge in [0.1, 0.15) is 18.0 Å². The Labute approximate surface area is 185 Å². The lowest BCUT2D eigenvalue weighted by Gasteiger charge is -2.43. The molecule has 2 amide bonds. The molecule has 0 radical (unpaired) electrons. The molecule has 2 aromatic rings. The lowest BCUT2D eigenvalue weighted by molar-refractivity contribution is -0.154. The maximum absolute atomic E-state index is 13.3. The number of rotatable bonds is 4. The van der Waals surface area contributed by atoms with Gasteiger partial charge in [0.2, 0.25) is 5.91 Å². The number of hydrogen-bond acceptors (Lipinski definition) is 7. The molecule has 2 aliphatic rings. The van der Waals surface area contributed by atoms with E-state index in [1.165, 1.54) is 6.33 Å². The molecular weight excluding hydrogens is 420 g/mol. The summed E-state index contributed by atoms with van der Waals surface area (Å²) in [6.45, 7) is 4.87. The first-order valence-electron chi connectivity index (χ1n) is 10.2. The maximum Gasteiger partial charge on any atom is 0.260 e. The predicted octanol–water partition coefficient (Wildman–Crippen LogP) is 1.07. The number of nitrogens with one attached hydrogen (secondary N) is 1. The lowest BCUT2D eigenvalue weighted by atomic mass is 9.91. The molecular formula is C21H25ClN6O3. The molecule has 10 heteroatoms. The van der Waals surface area contributed by atoms with E-state index in [-0.39, 0.29) is 24.4 Å². The molecule has 31 heavy (non-hydrogen) atoms. The van der Waals surface area contributed by atoms with Gasteiger partial charge in [0.15, 0.2) is 5.60 Å². The summed E-state index contributed by atoms with van der Waals surface area (Å²) in [6, 6.07) is 6.27. The highest BCUT2D eigenvalue weighted by Gasteiger charge is 2.43. The topological polar surface area (TPSA) is 125 Å². The van der Waals surface area contributed by atoms with Crippen LogP contribution in [-0.2, 0) is 15.2 Å². The molecule has 9 nitrogen and oxygen atoms in total. The normalized spacial score (nSPS) is 22.7. The van der Waals surface area contributed by atoms with Crippen molar-refractivity contribution in [3.63, 3.8) is 0 Å². The van der Waals surface area contributed by atoms with E-state index < -0.39 is 11.5 Å². The lowest BCUT2D eigenvalue weighted by Crippen LogP contribution is -2.60. The van der Waals surface area contributed by atoms with Crippen LogP contribution in [0, 0.1) is 0 Å². The number of aromatic nitrogens is 2. The SMILES string of the molecule is CC1C(=O)Nc2ncnc(N3CCN(C(=O)[C@](O)(CN)c4ccc(Cl)cc4)[C@@H](C)C3)c21. The third-order valence-electron chi connectivity index (χ3n) is 6.09. The van der Waals surface area contributed by atoms with E-state index in [0.717, 1.165) is 5.56 Å².